The minimum Gasteiger partial charge on any atom is -0.343 e. The lowest BCUT2D eigenvalue weighted by molar-refractivity contribution is -0.130. The maximum Gasteiger partial charge on any atom is 0.219 e. The molecule has 0 atom stereocenters. The first-order chi connectivity index (χ1) is 11.6. The van der Waals surface area contributed by atoms with Gasteiger partial charge >= 0.3 is 0 Å². The van der Waals surface area contributed by atoms with Gasteiger partial charge in [-0.2, -0.15) is 0 Å². The Morgan fingerprint density at radius 2 is 1.83 bits per heavy atom. The molecule has 2 aliphatic heterocycles. The summed E-state index contributed by atoms with van der Waals surface area (Å²) in [6.45, 7) is 5.36. The van der Waals surface area contributed by atoms with E-state index in [1.807, 2.05) is 11.0 Å². The Morgan fingerprint density at radius 1 is 1.12 bits per heavy atom. The van der Waals surface area contributed by atoms with Crippen LogP contribution >= 0.6 is 0 Å². The molecule has 0 aromatic heterocycles. The number of nitrogens with one attached hydrogen (secondary N) is 1. The smallest absolute Gasteiger partial charge is 0.219 e. The average molecular weight is 328 g/mol. The van der Waals surface area contributed by atoms with Crippen molar-refractivity contribution in [3.63, 3.8) is 0 Å². The van der Waals surface area contributed by atoms with Gasteiger partial charge in [0.05, 0.1) is 0 Å². The van der Waals surface area contributed by atoms with Crippen LogP contribution in [0.3, 0.4) is 0 Å². The van der Waals surface area contributed by atoms with E-state index in [1.54, 1.807) is 6.92 Å². The number of ketones is 1. The summed E-state index contributed by atoms with van der Waals surface area (Å²) in [6, 6.07) is 6.26. The number of rotatable bonds is 4. The van der Waals surface area contributed by atoms with Crippen molar-refractivity contribution in [2.75, 3.05) is 26.2 Å². The number of benzene rings is 1. The second kappa shape index (κ2) is 7.93. The second-order valence-electron chi connectivity index (χ2n) is 7.14. The third-order valence-electron chi connectivity index (χ3n) is 5.51. The number of carbonyl (C=O) groups excluding carboxylic acids is 2. The first-order valence-corrected chi connectivity index (χ1v) is 9.24. The molecule has 0 bridgehead atoms. The van der Waals surface area contributed by atoms with E-state index >= 15 is 0 Å². The molecule has 4 heteroatoms. The van der Waals surface area contributed by atoms with Gasteiger partial charge in [-0.1, -0.05) is 12.1 Å². The molecule has 1 amide bonds. The van der Waals surface area contributed by atoms with E-state index in [2.05, 4.69) is 17.4 Å². The molecule has 0 aliphatic carbocycles. The van der Waals surface area contributed by atoms with Gasteiger partial charge in [-0.05, 0) is 68.3 Å². The van der Waals surface area contributed by atoms with Crippen LogP contribution in [0, 0.1) is 5.92 Å². The molecule has 1 aromatic carbocycles. The number of piperidine rings is 1. The molecule has 4 nitrogen and oxygen atoms in total. The fraction of sp³-hybridized carbons (Fsp3) is 0.600. The summed E-state index contributed by atoms with van der Waals surface area (Å²) < 4.78 is 0. The van der Waals surface area contributed by atoms with E-state index in [1.165, 1.54) is 11.1 Å². The predicted octanol–water partition coefficient (Wildman–Crippen LogP) is 2.60. The van der Waals surface area contributed by atoms with Gasteiger partial charge in [0.15, 0.2) is 5.78 Å². The molecular formula is C20H28N2O2. The zero-order valence-electron chi connectivity index (χ0n) is 14.6. The highest BCUT2D eigenvalue weighted by molar-refractivity contribution is 5.96. The molecule has 2 aliphatic rings. The van der Waals surface area contributed by atoms with E-state index in [0.717, 1.165) is 63.8 Å². The van der Waals surface area contributed by atoms with Crippen molar-refractivity contribution in [1.82, 2.24) is 10.2 Å². The lowest BCUT2D eigenvalue weighted by Gasteiger charge is -2.31. The van der Waals surface area contributed by atoms with Gasteiger partial charge in [0, 0.05) is 32.0 Å². The number of hydrogen-bond donors (Lipinski definition) is 1. The van der Waals surface area contributed by atoms with Crippen molar-refractivity contribution >= 4 is 11.7 Å². The number of likely N-dealkylation sites (tertiary alicyclic amines) is 1. The van der Waals surface area contributed by atoms with Crippen LogP contribution in [-0.2, 0) is 17.6 Å². The van der Waals surface area contributed by atoms with E-state index in [4.69, 9.17) is 0 Å². The van der Waals surface area contributed by atoms with Gasteiger partial charge in [-0.25, -0.2) is 0 Å². The molecule has 2 heterocycles. The molecule has 130 valence electrons. The van der Waals surface area contributed by atoms with Crippen molar-refractivity contribution in [3.05, 3.63) is 34.9 Å². The van der Waals surface area contributed by atoms with Crippen molar-refractivity contribution < 1.29 is 9.59 Å². The van der Waals surface area contributed by atoms with E-state index in [9.17, 15) is 9.59 Å². The Bertz CT molecular complexity index is 604. The highest BCUT2D eigenvalue weighted by atomic mass is 16.2. The van der Waals surface area contributed by atoms with Crippen molar-refractivity contribution in [3.8, 4) is 0 Å². The van der Waals surface area contributed by atoms with Crippen LogP contribution in [0.1, 0.15) is 54.1 Å². The Labute approximate surface area is 144 Å². The van der Waals surface area contributed by atoms with Crippen LogP contribution in [0.25, 0.3) is 0 Å². The number of fused-ring (bicyclic) bond motifs is 1. The van der Waals surface area contributed by atoms with Crippen LogP contribution < -0.4 is 5.32 Å². The summed E-state index contributed by atoms with van der Waals surface area (Å²) in [5, 5.41) is 3.41. The first-order valence-electron chi connectivity index (χ1n) is 9.24. The number of nitrogens with zero attached hydrogens (tertiary/aromatic N) is 1. The van der Waals surface area contributed by atoms with Gasteiger partial charge in [0.1, 0.15) is 0 Å². The van der Waals surface area contributed by atoms with Crippen LogP contribution in [-0.4, -0.2) is 42.8 Å². The van der Waals surface area contributed by atoms with Crippen molar-refractivity contribution in [1.29, 1.82) is 0 Å². The van der Waals surface area contributed by atoms with Gasteiger partial charge in [0.2, 0.25) is 5.91 Å². The number of amides is 1. The summed E-state index contributed by atoms with van der Waals surface area (Å²) in [5.41, 5.74) is 3.59. The third-order valence-corrected chi connectivity index (χ3v) is 5.51. The molecule has 1 N–H and O–H groups in total. The van der Waals surface area contributed by atoms with E-state index in [0.29, 0.717) is 12.3 Å². The van der Waals surface area contributed by atoms with Crippen LogP contribution in [0.2, 0.25) is 0 Å². The fourth-order valence-electron chi connectivity index (χ4n) is 3.86. The zero-order chi connectivity index (χ0) is 16.9. The molecule has 1 aromatic rings. The topological polar surface area (TPSA) is 49.4 Å². The van der Waals surface area contributed by atoms with Crippen molar-refractivity contribution in [2.24, 2.45) is 5.92 Å². The molecule has 1 saturated heterocycles. The standard InChI is InChI=1S/C20H28N2O2/c1-15(23)22-12-8-16(9-13-22)2-5-20(24)19-4-3-17-6-10-21-11-7-18(17)14-19/h3-4,14,16,21H,2,5-13H2,1H3. The Hall–Kier alpha value is -1.68. The number of Topliss-reactive ketones (excluding diaryl/α,β-unsaturated/α-hetero) is 1. The first kappa shape index (κ1) is 17.2. The summed E-state index contributed by atoms with van der Waals surface area (Å²) in [4.78, 5) is 25.8. The average Bonchev–Trinajstić information content (AvgIpc) is 2.84. The maximum absolute atomic E-state index is 12.6. The normalized spacial score (nSPS) is 18.8. The Morgan fingerprint density at radius 3 is 2.54 bits per heavy atom. The molecule has 0 spiro atoms. The van der Waals surface area contributed by atoms with Crippen molar-refractivity contribution in [2.45, 2.75) is 45.4 Å². The molecular weight excluding hydrogens is 300 g/mol. The van der Waals surface area contributed by atoms with Crippen LogP contribution in [0.15, 0.2) is 18.2 Å². The Kier molecular flexibility index (Phi) is 5.67. The Balaban J connectivity index is 1.52. The lowest BCUT2D eigenvalue weighted by atomic mass is 9.89. The molecule has 1 fully saturated rings. The quantitative estimate of drug-likeness (QED) is 0.864. The van der Waals surface area contributed by atoms with Gasteiger partial charge in [-0.15, -0.1) is 0 Å². The van der Waals surface area contributed by atoms with Gasteiger partial charge in [-0.3, -0.25) is 9.59 Å². The fourth-order valence-corrected chi connectivity index (χ4v) is 3.86. The van der Waals surface area contributed by atoms with E-state index in [-0.39, 0.29) is 11.7 Å². The molecule has 0 radical (unpaired) electrons. The highest BCUT2D eigenvalue weighted by Gasteiger charge is 2.21. The van der Waals surface area contributed by atoms with Gasteiger partial charge in [0.25, 0.3) is 0 Å². The lowest BCUT2D eigenvalue weighted by Crippen LogP contribution is -2.37. The maximum atomic E-state index is 12.6. The molecule has 0 unspecified atom stereocenters. The minimum absolute atomic E-state index is 0.170. The SMILES string of the molecule is CC(=O)N1CCC(CCC(=O)c2ccc3c(c2)CCNCC3)CC1. The highest BCUT2D eigenvalue weighted by Crippen LogP contribution is 2.24. The van der Waals surface area contributed by atoms with Crippen LogP contribution in [0.4, 0.5) is 0 Å². The van der Waals surface area contributed by atoms with E-state index < -0.39 is 0 Å². The summed E-state index contributed by atoms with van der Waals surface area (Å²) >= 11 is 0. The number of carbonyl (C=O) groups is 2. The minimum atomic E-state index is 0.170. The molecule has 3 rings (SSSR count). The molecule has 24 heavy (non-hydrogen) atoms. The summed E-state index contributed by atoms with van der Waals surface area (Å²) in [5.74, 6) is 1.02. The second-order valence-corrected chi connectivity index (χ2v) is 7.14. The van der Waals surface area contributed by atoms with Crippen LogP contribution in [0.5, 0.6) is 0 Å². The third kappa shape index (κ3) is 4.23. The van der Waals surface area contributed by atoms with Gasteiger partial charge < -0.3 is 10.2 Å². The summed E-state index contributed by atoms with van der Waals surface area (Å²) in [6.07, 6.45) is 5.70. The zero-order valence-corrected chi connectivity index (χ0v) is 14.6. The molecule has 0 saturated carbocycles. The monoisotopic (exact) mass is 328 g/mol. The predicted molar refractivity (Wildman–Crippen MR) is 95.3 cm³/mol. The number of hydrogen-bond acceptors (Lipinski definition) is 3. The largest absolute Gasteiger partial charge is 0.343 e. The summed E-state index contributed by atoms with van der Waals surface area (Å²) in [7, 11) is 0.